The van der Waals surface area contributed by atoms with Gasteiger partial charge in [-0.15, -0.1) is 16.4 Å². The van der Waals surface area contributed by atoms with Crippen LogP contribution in [0.2, 0.25) is 0 Å². The van der Waals surface area contributed by atoms with Gasteiger partial charge in [0.05, 0.1) is 12.6 Å². The van der Waals surface area contributed by atoms with E-state index in [1.165, 1.54) is 4.88 Å². The van der Waals surface area contributed by atoms with Gasteiger partial charge in [0.15, 0.2) is 0 Å². The molecule has 0 saturated carbocycles. The van der Waals surface area contributed by atoms with Crippen LogP contribution in [0, 0.1) is 5.92 Å². The highest BCUT2D eigenvalue weighted by molar-refractivity contribution is 7.10. The van der Waals surface area contributed by atoms with Gasteiger partial charge in [-0.05, 0) is 23.9 Å². The first-order valence-corrected chi connectivity index (χ1v) is 7.41. The molecule has 104 valence electrons. The van der Waals surface area contributed by atoms with Crippen molar-refractivity contribution in [1.82, 2.24) is 15.5 Å². The van der Waals surface area contributed by atoms with E-state index < -0.39 is 0 Å². The number of thiophene rings is 1. The molecule has 2 heterocycles. The van der Waals surface area contributed by atoms with E-state index in [2.05, 4.69) is 52.2 Å². The number of hydrogen-bond acceptors (Lipinski definition) is 6. The Morgan fingerprint density at radius 1 is 1.37 bits per heavy atom. The third-order valence-electron chi connectivity index (χ3n) is 2.79. The summed E-state index contributed by atoms with van der Waals surface area (Å²) >= 11 is 1.73. The molecular weight excluding hydrogens is 260 g/mol. The van der Waals surface area contributed by atoms with E-state index in [1.54, 1.807) is 11.3 Å². The number of aromatic nitrogens is 2. The smallest absolute Gasteiger partial charge is 0.316 e. The van der Waals surface area contributed by atoms with E-state index in [4.69, 9.17) is 4.42 Å². The zero-order valence-electron chi connectivity index (χ0n) is 11.5. The molecular formula is C13H20N4OS. The fourth-order valence-electron chi connectivity index (χ4n) is 1.78. The largest absolute Gasteiger partial charge is 0.407 e. The first-order valence-electron chi connectivity index (χ1n) is 6.53. The van der Waals surface area contributed by atoms with Crippen molar-refractivity contribution in [1.29, 1.82) is 0 Å². The van der Waals surface area contributed by atoms with Crippen molar-refractivity contribution in [3.8, 4) is 0 Å². The zero-order chi connectivity index (χ0) is 13.7. The molecule has 0 saturated heterocycles. The maximum atomic E-state index is 5.57. The molecule has 19 heavy (non-hydrogen) atoms. The van der Waals surface area contributed by atoms with Gasteiger partial charge >= 0.3 is 6.01 Å². The lowest BCUT2D eigenvalue weighted by Crippen LogP contribution is -2.15. The summed E-state index contributed by atoms with van der Waals surface area (Å²) in [6.45, 7) is 7.88. The quantitative estimate of drug-likeness (QED) is 0.816. The lowest BCUT2D eigenvalue weighted by Gasteiger charge is -2.19. The third-order valence-corrected chi connectivity index (χ3v) is 3.74. The van der Waals surface area contributed by atoms with Crippen LogP contribution in [0.1, 0.15) is 37.6 Å². The van der Waals surface area contributed by atoms with Crippen LogP contribution in [0.25, 0.3) is 0 Å². The van der Waals surface area contributed by atoms with Crippen LogP contribution in [0.15, 0.2) is 21.9 Å². The Balaban J connectivity index is 2.03. The minimum absolute atomic E-state index is 0.201. The Morgan fingerprint density at radius 3 is 2.84 bits per heavy atom. The van der Waals surface area contributed by atoms with Gasteiger partial charge in [-0.2, -0.15) is 0 Å². The molecule has 0 aliphatic heterocycles. The minimum Gasteiger partial charge on any atom is -0.407 e. The summed E-state index contributed by atoms with van der Waals surface area (Å²) in [6.07, 6.45) is 0. The average molecular weight is 280 g/mol. The average Bonchev–Trinajstić information content (AvgIpc) is 3.04. The van der Waals surface area contributed by atoms with E-state index in [9.17, 15) is 0 Å². The molecule has 0 aliphatic rings. The monoisotopic (exact) mass is 280 g/mol. The van der Waals surface area contributed by atoms with E-state index in [-0.39, 0.29) is 6.04 Å². The summed E-state index contributed by atoms with van der Waals surface area (Å²) in [5.74, 6) is 1.06. The summed E-state index contributed by atoms with van der Waals surface area (Å²) in [7, 11) is 0. The fourth-order valence-corrected chi connectivity index (χ4v) is 2.73. The van der Waals surface area contributed by atoms with Gasteiger partial charge in [-0.3, -0.25) is 0 Å². The lowest BCUT2D eigenvalue weighted by atomic mass is 10.0. The van der Waals surface area contributed by atoms with E-state index in [0.717, 1.165) is 6.54 Å². The van der Waals surface area contributed by atoms with Gasteiger partial charge < -0.3 is 15.1 Å². The van der Waals surface area contributed by atoms with Crippen LogP contribution in [0.5, 0.6) is 0 Å². The van der Waals surface area contributed by atoms with Gasteiger partial charge in [0.2, 0.25) is 5.89 Å². The Hall–Kier alpha value is -1.40. The number of nitrogens with one attached hydrogen (secondary N) is 2. The molecule has 0 aromatic carbocycles. The standard InChI is InChI=1S/C13H20N4OS/c1-4-14-8-11-16-17-13(18-11)15-12(9(2)3)10-6-5-7-19-10/h5-7,9,12,14H,4,8H2,1-3H3,(H,15,17). The maximum absolute atomic E-state index is 5.57. The number of nitrogens with zero attached hydrogens (tertiary/aromatic N) is 2. The molecule has 0 spiro atoms. The highest BCUT2D eigenvalue weighted by Gasteiger charge is 2.19. The van der Waals surface area contributed by atoms with Crippen molar-refractivity contribution in [2.75, 3.05) is 11.9 Å². The SMILES string of the molecule is CCNCc1nnc(NC(c2cccs2)C(C)C)o1. The second kappa shape index (κ2) is 6.68. The summed E-state index contributed by atoms with van der Waals surface area (Å²) in [4.78, 5) is 1.28. The summed E-state index contributed by atoms with van der Waals surface area (Å²) in [5.41, 5.74) is 0. The van der Waals surface area contributed by atoms with E-state index in [1.807, 2.05) is 6.92 Å². The molecule has 2 aromatic rings. The third kappa shape index (κ3) is 3.78. The van der Waals surface area contributed by atoms with Gasteiger partial charge in [0, 0.05) is 4.88 Å². The van der Waals surface area contributed by atoms with Crippen molar-refractivity contribution >= 4 is 17.4 Å². The molecule has 0 fully saturated rings. The van der Waals surface area contributed by atoms with Gasteiger partial charge in [0.25, 0.3) is 0 Å². The lowest BCUT2D eigenvalue weighted by molar-refractivity contribution is 0.464. The van der Waals surface area contributed by atoms with Gasteiger partial charge in [0.1, 0.15) is 0 Å². The van der Waals surface area contributed by atoms with Crippen molar-refractivity contribution in [3.05, 3.63) is 28.3 Å². The summed E-state index contributed by atoms with van der Waals surface area (Å²) < 4.78 is 5.57. The number of rotatable bonds is 7. The highest BCUT2D eigenvalue weighted by atomic mass is 32.1. The molecule has 1 atom stereocenters. The molecule has 2 N–H and O–H groups in total. The first kappa shape index (κ1) is 14.0. The van der Waals surface area contributed by atoms with E-state index >= 15 is 0 Å². The molecule has 1 unspecified atom stereocenters. The van der Waals surface area contributed by atoms with Crippen LogP contribution in [0.4, 0.5) is 6.01 Å². The molecule has 0 amide bonds. The molecule has 0 radical (unpaired) electrons. The molecule has 2 aromatic heterocycles. The van der Waals surface area contributed by atoms with Gasteiger partial charge in [-0.1, -0.05) is 31.9 Å². The number of anilines is 1. The van der Waals surface area contributed by atoms with Crippen molar-refractivity contribution in [2.45, 2.75) is 33.4 Å². The number of hydrogen-bond donors (Lipinski definition) is 2. The van der Waals surface area contributed by atoms with Crippen LogP contribution < -0.4 is 10.6 Å². The predicted molar refractivity (Wildman–Crippen MR) is 77.2 cm³/mol. The molecule has 6 heteroatoms. The van der Waals surface area contributed by atoms with Crippen molar-refractivity contribution in [2.24, 2.45) is 5.92 Å². The molecule has 0 aliphatic carbocycles. The predicted octanol–water partition coefficient (Wildman–Crippen LogP) is 3.05. The van der Waals surface area contributed by atoms with Crippen LogP contribution in [0.3, 0.4) is 0 Å². The second-order valence-corrected chi connectivity index (χ2v) is 5.64. The molecule has 0 bridgehead atoms. The summed E-state index contributed by atoms with van der Waals surface area (Å²) in [5, 5.41) is 16.6. The van der Waals surface area contributed by atoms with Crippen LogP contribution >= 0.6 is 11.3 Å². The Labute approximate surface area is 117 Å². The molecule has 2 rings (SSSR count). The Bertz CT molecular complexity index is 481. The van der Waals surface area contributed by atoms with Crippen molar-refractivity contribution < 1.29 is 4.42 Å². The second-order valence-electron chi connectivity index (χ2n) is 4.66. The zero-order valence-corrected chi connectivity index (χ0v) is 12.3. The summed E-state index contributed by atoms with van der Waals surface area (Å²) in [6, 6.07) is 4.87. The Kier molecular flexibility index (Phi) is 4.93. The fraction of sp³-hybridized carbons (Fsp3) is 0.538. The van der Waals surface area contributed by atoms with Crippen LogP contribution in [-0.4, -0.2) is 16.7 Å². The highest BCUT2D eigenvalue weighted by Crippen LogP contribution is 2.29. The normalized spacial score (nSPS) is 12.8. The van der Waals surface area contributed by atoms with Gasteiger partial charge in [-0.25, -0.2) is 0 Å². The van der Waals surface area contributed by atoms with Crippen LogP contribution in [-0.2, 0) is 6.54 Å². The first-order chi connectivity index (χ1) is 9.20. The van der Waals surface area contributed by atoms with E-state index in [0.29, 0.717) is 24.4 Å². The van der Waals surface area contributed by atoms with Crippen molar-refractivity contribution in [3.63, 3.8) is 0 Å². The molecule has 5 nitrogen and oxygen atoms in total. The Morgan fingerprint density at radius 2 is 2.21 bits per heavy atom. The maximum Gasteiger partial charge on any atom is 0.316 e. The topological polar surface area (TPSA) is 63.0 Å². The minimum atomic E-state index is 0.201.